The van der Waals surface area contributed by atoms with Gasteiger partial charge in [-0.15, -0.1) is 23.8 Å². The molecule has 1 unspecified atom stereocenters. The molecule has 3 aliphatic rings. The van der Waals surface area contributed by atoms with E-state index in [-0.39, 0.29) is 26.5 Å². The molecule has 1 spiro atoms. The van der Waals surface area contributed by atoms with Crippen LogP contribution in [0, 0.1) is 18.8 Å². The summed E-state index contributed by atoms with van der Waals surface area (Å²) in [4.78, 5) is 11.7. The Morgan fingerprint density at radius 2 is 1.48 bits per heavy atom. The van der Waals surface area contributed by atoms with Gasteiger partial charge < -0.3 is 19.1 Å². The first-order chi connectivity index (χ1) is 29.3. The van der Waals surface area contributed by atoms with Crippen molar-refractivity contribution >= 4 is 39.7 Å². The van der Waals surface area contributed by atoms with Gasteiger partial charge in [0, 0.05) is 59.6 Å². The van der Waals surface area contributed by atoms with Crippen LogP contribution in [0.4, 0.5) is 17.1 Å². The maximum Gasteiger partial charge on any atom is 0.135 e. The number of benzene rings is 6. The molecule has 6 aromatic carbocycles. The molecule has 302 valence electrons. The van der Waals surface area contributed by atoms with E-state index < -0.39 is 5.41 Å². The molecule has 5 heterocycles. The Morgan fingerprint density at radius 1 is 0.689 bits per heavy atom. The zero-order chi connectivity index (χ0) is 40.6. The predicted molar refractivity (Wildman–Crippen MR) is 244 cm³/mol. The van der Waals surface area contributed by atoms with Crippen molar-refractivity contribution in [1.29, 1.82) is 0 Å². The first-order valence-electron chi connectivity index (χ1n) is 20.3. The smallest absolute Gasteiger partial charge is 0.135 e. The molecule has 0 saturated heterocycles. The number of anilines is 3. The minimum Gasteiger partial charge on any atom is -0.521 e. The summed E-state index contributed by atoms with van der Waals surface area (Å²) < 4.78 is 8.84. The van der Waals surface area contributed by atoms with E-state index in [1.54, 1.807) is 6.20 Å². The van der Waals surface area contributed by atoms with E-state index in [1.165, 1.54) is 48.9 Å². The van der Waals surface area contributed by atoms with Gasteiger partial charge in [0.2, 0.25) is 0 Å². The minimum absolute atomic E-state index is 0. The molecule has 61 heavy (non-hydrogen) atoms. The van der Waals surface area contributed by atoms with E-state index in [9.17, 15) is 0 Å². The number of fused-ring (bicyclic) bond motifs is 9. The third-order valence-electron chi connectivity index (χ3n) is 12.0. The van der Waals surface area contributed by atoms with Crippen LogP contribution < -0.4 is 14.5 Å². The van der Waals surface area contributed by atoms with Crippen molar-refractivity contribution in [3.05, 3.63) is 217 Å². The van der Waals surface area contributed by atoms with E-state index in [0.29, 0.717) is 11.5 Å². The topological polar surface area (TPSA) is 33.5 Å². The summed E-state index contributed by atoms with van der Waals surface area (Å²) in [7, 11) is 2.13. The van der Waals surface area contributed by atoms with Crippen LogP contribution in [0.5, 0.6) is 11.5 Å². The molecule has 0 saturated carbocycles. The monoisotopic (exact) mass is 988 g/mol. The minimum atomic E-state index is -0.670. The second-order valence-electron chi connectivity index (χ2n) is 16.6. The van der Waals surface area contributed by atoms with Crippen LogP contribution in [0.15, 0.2) is 180 Å². The molecule has 0 N–H and O–H groups in total. The fourth-order valence-electron chi connectivity index (χ4n) is 9.36. The standard InChI is InChI=1S/C54H41N4OS.Pt/c1-53(2,3)42-20-14-24-49-51(42)54(44-33-38(26-29-48(44)60-49)36-15-6-5-7-16-36)41-28-27-40(34-47(41)58-35-56(4)46-23-13-21-43(54)52(46)58)59-39-19-12-18-37-17-8-9-22-45(37)57(32-30-39)50-25-10-11-31-55-50;/h5-29,31-33,35H,1-4H3;/q-3;. The van der Waals surface area contributed by atoms with Gasteiger partial charge in [0.15, 0.2) is 0 Å². The molecule has 0 amide bonds. The van der Waals surface area contributed by atoms with Gasteiger partial charge in [-0.05, 0) is 99.4 Å². The normalized spacial score (nSPS) is 15.6. The van der Waals surface area contributed by atoms with Gasteiger partial charge in [0.05, 0.1) is 5.52 Å². The average molecular weight is 989 g/mol. The maximum absolute atomic E-state index is 6.80. The summed E-state index contributed by atoms with van der Waals surface area (Å²) in [6.45, 7) is 9.20. The van der Waals surface area contributed by atoms with Gasteiger partial charge in [-0.1, -0.05) is 135 Å². The Balaban J connectivity index is 0.00000445. The Bertz CT molecular complexity index is 3050. The van der Waals surface area contributed by atoms with Crippen molar-refractivity contribution in [1.82, 2.24) is 9.55 Å². The van der Waals surface area contributed by atoms with Crippen molar-refractivity contribution in [2.45, 2.75) is 41.4 Å². The molecule has 0 bridgehead atoms. The molecular formula is C54H41N4OPtS-3. The molecule has 11 rings (SSSR count). The van der Waals surface area contributed by atoms with Gasteiger partial charge in [-0.3, -0.25) is 0 Å². The van der Waals surface area contributed by atoms with Gasteiger partial charge in [-0.25, -0.2) is 4.98 Å². The predicted octanol–water partition coefficient (Wildman–Crippen LogP) is 13.4. The summed E-state index contributed by atoms with van der Waals surface area (Å²) in [5.41, 5.74) is 12.2. The fraction of sp³-hybridized carbons (Fsp3) is 0.111. The Kier molecular flexibility index (Phi) is 9.69. The fourth-order valence-corrected chi connectivity index (χ4v) is 10.6. The van der Waals surface area contributed by atoms with E-state index in [4.69, 9.17) is 4.74 Å². The summed E-state index contributed by atoms with van der Waals surface area (Å²) in [5, 5.41) is 1.06. The van der Waals surface area contributed by atoms with E-state index in [0.717, 1.165) is 33.7 Å². The molecule has 0 radical (unpaired) electrons. The van der Waals surface area contributed by atoms with Crippen molar-refractivity contribution in [3.8, 4) is 28.4 Å². The van der Waals surface area contributed by atoms with Crippen LogP contribution >= 0.6 is 11.8 Å². The van der Waals surface area contributed by atoms with Crippen LogP contribution in [0.25, 0.3) is 27.8 Å². The van der Waals surface area contributed by atoms with E-state index in [1.807, 2.05) is 65.0 Å². The third kappa shape index (κ3) is 6.30. The number of aromatic nitrogens is 2. The van der Waals surface area contributed by atoms with Crippen molar-refractivity contribution < 1.29 is 25.8 Å². The number of nitrogens with zero attached hydrogens (tertiary/aromatic N) is 4. The number of ether oxygens (including phenoxy) is 1. The second kappa shape index (κ2) is 15.1. The SMILES string of the molecule is CN1[CH-]N2c3[c-]c(Oc4[c-]cn(-c5ccccn5)c5ccccc5ccc4)ccc3C3(c4cc(-c5ccccc5)ccc4Sc4cccc(C(C)(C)C)c43)c3cccc1c32.[Pt]. The second-order valence-corrected chi connectivity index (χ2v) is 17.7. The molecule has 2 aromatic heterocycles. The third-order valence-corrected chi connectivity index (χ3v) is 13.1. The first kappa shape index (κ1) is 39.1. The molecule has 0 fully saturated rings. The van der Waals surface area contributed by atoms with Crippen LogP contribution in [-0.2, 0) is 31.9 Å². The first-order valence-corrected chi connectivity index (χ1v) is 21.2. The summed E-state index contributed by atoms with van der Waals surface area (Å²) >= 11 is 1.88. The molecule has 8 aromatic rings. The largest absolute Gasteiger partial charge is 0.521 e. The molecule has 5 nitrogen and oxygen atoms in total. The van der Waals surface area contributed by atoms with Gasteiger partial charge in [-0.2, -0.15) is 24.9 Å². The van der Waals surface area contributed by atoms with Crippen molar-refractivity contribution in [2.24, 2.45) is 0 Å². The number of para-hydroxylation sites is 2. The molecule has 3 aliphatic heterocycles. The Morgan fingerprint density at radius 3 is 2.31 bits per heavy atom. The zero-order valence-electron chi connectivity index (χ0n) is 34.2. The van der Waals surface area contributed by atoms with E-state index >= 15 is 0 Å². The Hall–Kier alpha value is -6.07. The van der Waals surface area contributed by atoms with Crippen molar-refractivity contribution in [3.63, 3.8) is 0 Å². The quantitative estimate of drug-likeness (QED) is 0.164. The summed E-state index contributed by atoms with van der Waals surface area (Å²) in [5.74, 6) is 1.94. The number of rotatable bonds is 4. The zero-order valence-corrected chi connectivity index (χ0v) is 37.3. The summed E-state index contributed by atoms with van der Waals surface area (Å²) in [6.07, 6.45) is 3.71. The van der Waals surface area contributed by atoms with Crippen LogP contribution in [0.1, 0.15) is 48.6 Å². The van der Waals surface area contributed by atoms with Gasteiger partial charge >= 0.3 is 0 Å². The average Bonchev–Trinajstić information content (AvgIpc) is 3.65. The van der Waals surface area contributed by atoms with Gasteiger partial charge in [0.1, 0.15) is 5.82 Å². The molecule has 7 heteroatoms. The van der Waals surface area contributed by atoms with Crippen molar-refractivity contribution in [2.75, 3.05) is 16.8 Å². The number of hydrogen-bond acceptors (Lipinski definition) is 5. The van der Waals surface area contributed by atoms with Crippen LogP contribution in [0.2, 0.25) is 0 Å². The molecular weight excluding hydrogens is 948 g/mol. The Labute approximate surface area is 376 Å². The van der Waals surface area contributed by atoms with E-state index in [2.05, 4.69) is 177 Å². The molecule has 1 atom stereocenters. The van der Waals surface area contributed by atoms with Crippen LogP contribution in [0.3, 0.4) is 0 Å². The summed E-state index contributed by atoms with van der Waals surface area (Å²) in [6, 6.07) is 63.4. The maximum atomic E-state index is 6.80. The van der Waals surface area contributed by atoms with Crippen LogP contribution in [-0.4, -0.2) is 16.6 Å². The van der Waals surface area contributed by atoms with Gasteiger partial charge in [0.25, 0.3) is 0 Å². The number of hydrogen-bond donors (Lipinski definition) is 0. The molecule has 0 aliphatic carbocycles. The number of pyridine rings is 1.